The SMILES string of the molecule is CC(CC(=O)c1ccccc1)=NCCCCCN=C(C)C(=O)Cc1ccccc1. The molecule has 2 aromatic carbocycles. The number of benzene rings is 2. The standard InChI is InChI=1S/C25H30N2O2/c1-20(18-25(29)23-14-8-4-9-15-23)26-16-10-5-11-17-27-21(2)24(28)19-22-12-6-3-7-13-22/h3-4,6-9,12-15H,5,10-11,16-19H2,1-2H3. The Bertz CT molecular complexity index is 840. The summed E-state index contributed by atoms with van der Waals surface area (Å²) in [6.45, 7) is 5.10. The number of rotatable bonds is 12. The predicted octanol–water partition coefficient (Wildman–Crippen LogP) is 5.16. The molecule has 0 aliphatic carbocycles. The van der Waals surface area contributed by atoms with Crippen LogP contribution < -0.4 is 0 Å². The third kappa shape index (κ3) is 8.77. The summed E-state index contributed by atoms with van der Waals surface area (Å²) in [6.07, 6.45) is 3.69. The number of unbranched alkanes of at least 4 members (excludes halogenated alkanes) is 2. The van der Waals surface area contributed by atoms with Crippen molar-refractivity contribution in [2.75, 3.05) is 13.1 Å². The van der Waals surface area contributed by atoms with E-state index in [0.717, 1.165) is 42.6 Å². The van der Waals surface area contributed by atoms with Gasteiger partial charge in [-0.05, 0) is 38.7 Å². The molecule has 0 bridgehead atoms. The van der Waals surface area contributed by atoms with Gasteiger partial charge in [0.15, 0.2) is 11.6 Å². The van der Waals surface area contributed by atoms with Crippen molar-refractivity contribution in [1.82, 2.24) is 0 Å². The van der Waals surface area contributed by atoms with E-state index in [0.29, 0.717) is 25.1 Å². The van der Waals surface area contributed by atoms with Crippen LogP contribution in [0.3, 0.4) is 0 Å². The summed E-state index contributed by atoms with van der Waals surface area (Å²) in [5, 5.41) is 0. The first-order valence-electron chi connectivity index (χ1n) is 10.2. The highest BCUT2D eigenvalue weighted by molar-refractivity contribution is 6.39. The van der Waals surface area contributed by atoms with Crippen molar-refractivity contribution >= 4 is 23.0 Å². The molecule has 0 radical (unpaired) electrons. The van der Waals surface area contributed by atoms with Crippen LogP contribution in [0.25, 0.3) is 0 Å². The van der Waals surface area contributed by atoms with Gasteiger partial charge < -0.3 is 0 Å². The van der Waals surface area contributed by atoms with Crippen molar-refractivity contribution in [3.8, 4) is 0 Å². The number of nitrogens with zero attached hydrogens (tertiary/aromatic N) is 2. The molecule has 0 aliphatic rings. The number of hydrogen-bond donors (Lipinski definition) is 0. The Kier molecular flexibility index (Phi) is 9.70. The number of Topliss-reactive ketones (excluding diaryl/α,β-unsaturated/α-hetero) is 2. The lowest BCUT2D eigenvalue weighted by atomic mass is 10.1. The Balaban J connectivity index is 1.61. The van der Waals surface area contributed by atoms with Gasteiger partial charge in [-0.15, -0.1) is 0 Å². The molecule has 0 spiro atoms. The highest BCUT2D eigenvalue weighted by Crippen LogP contribution is 2.05. The Morgan fingerprint density at radius 1 is 0.759 bits per heavy atom. The first-order valence-corrected chi connectivity index (χ1v) is 10.2. The van der Waals surface area contributed by atoms with Gasteiger partial charge >= 0.3 is 0 Å². The summed E-state index contributed by atoms with van der Waals surface area (Å²) in [5.74, 6) is 0.191. The quantitative estimate of drug-likeness (QED) is 0.285. The monoisotopic (exact) mass is 390 g/mol. The van der Waals surface area contributed by atoms with Crippen LogP contribution in [0.15, 0.2) is 70.6 Å². The van der Waals surface area contributed by atoms with Crippen LogP contribution in [-0.2, 0) is 11.2 Å². The van der Waals surface area contributed by atoms with Gasteiger partial charge in [0, 0.05) is 37.2 Å². The van der Waals surface area contributed by atoms with Gasteiger partial charge in [-0.2, -0.15) is 0 Å². The van der Waals surface area contributed by atoms with Crippen LogP contribution in [0.2, 0.25) is 0 Å². The molecule has 0 saturated heterocycles. The third-order valence-corrected chi connectivity index (χ3v) is 4.67. The van der Waals surface area contributed by atoms with E-state index in [1.807, 2.05) is 67.6 Å². The summed E-state index contributed by atoms with van der Waals surface area (Å²) >= 11 is 0. The molecule has 0 aliphatic heterocycles. The lowest BCUT2D eigenvalue weighted by molar-refractivity contribution is -0.112. The zero-order valence-electron chi connectivity index (χ0n) is 17.4. The molecular weight excluding hydrogens is 360 g/mol. The van der Waals surface area contributed by atoms with Crippen LogP contribution in [-0.4, -0.2) is 36.1 Å². The van der Waals surface area contributed by atoms with Crippen molar-refractivity contribution in [3.05, 3.63) is 71.8 Å². The van der Waals surface area contributed by atoms with Crippen molar-refractivity contribution in [2.45, 2.75) is 46.0 Å². The van der Waals surface area contributed by atoms with Gasteiger partial charge in [0.25, 0.3) is 0 Å². The second-order valence-electron chi connectivity index (χ2n) is 7.20. The first-order chi connectivity index (χ1) is 14.1. The van der Waals surface area contributed by atoms with E-state index in [4.69, 9.17) is 0 Å². The van der Waals surface area contributed by atoms with Crippen LogP contribution in [0.5, 0.6) is 0 Å². The lowest BCUT2D eigenvalue weighted by Gasteiger charge is -2.03. The van der Waals surface area contributed by atoms with Crippen LogP contribution in [0.1, 0.15) is 55.5 Å². The Labute approximate surface area is 173 Å². The highest BCUT2D eigenvalue weighted by atomic mass is 16.1. The normalized spacial score (nSPS) is 12.1. The second kappa shape index (κ2) is 12.6. The van der Waals surface area contributed by atoms with E-state index >= 15 is 0 Å². The maximum atomic E-state index is 12.2. The third-order valence-electron chi connectivity index (χ3n) is 4.67. The molecule has 152 valence electrons. The van der Waals surface area contributed by atoms with Crippen molar-refractivity contribution in [2.24, 2.45) is 9.98 Å². The molecular formula is C25H30N2O2. The largest absolute Gasteiger partial charge is 0.294 e. The van der Waals surface area contributed by atoms with Crippen LogP contribution in [0.4, 0.5) is 0 Å². The summed E-state index contributed by atoms with van der Waals surface area (Å²) in [4.78, 5) is 33.2. The van der Waals surface area contributed by atoms with Gasteiger partial charge in [0.1, 0.15) is 0 Å². The molecule has 0 amide bonds. The molecule has 2 aromatic rings. The zero-order chi connectivity index (χ0) is 20.9. The number of carbonyl (C=O) groups is 2. The Morgan fingerprint density at radius 3 is 2.00 bits per heavy atom. The molecule has 4 heteroatoms. The highest BCUT2D eigenvalue weighted by Gasteiger charge is 2.07. The molecule has 4 nitrogen and oxygen atoms in total. The van der Waals surface area contributed by atoms with E-state index in [2.05, 4.69) is 9.98 Å². The number of ketones is 2. The number of carbonyl (C=O) groups excluding carboxylic acids is 2. The van der Waals surface area contributed by atoms with Gasteiger partial charge in [0.05, 0.1) is 5.71 Å². The zero-order valence-corrected chi connectivity index (χ0v) is 17.4. The fourth-order valence-electron chi connectivity index (χ4n) is 2.93. The molecule has 0 atom stereocenters. The molecule has 0 aromatic heterocycles. The fraction of sp³-hybridized carbons (Fsp3) is 0.360. The maximum Gasteiger partial charge on any atom is 0.180 e. The average molecular weight is 391 g/mol. The molecule has 2 rings (SSSR count). The molecule has 0 fully saturated rings. The summed E-state index contributed by atoms with van der Waals surface area (Å²) in [7, 11) is 0. The lowest BCUT2D eigenvalue weighted by Crippen LogP contribution is -2.13. The molecule has 29 heavy (non-hydrogen) atoms. The minimum absolute atomic E-state index is 0.0829. The van der Waals surface area contributed by atoms with Gasteiger partial charge in [0.2, 0.25) is 0 Å². The molecule has 0 heterocycles. The van der Waals surface area contributed by atoms with E-state index in [-0.39, 0.29) is 11.6 Å². The maximum absolute atomic E-state index is 12.2. The molecule has 0 saturated carbocycles. The van der Waals surface area contributed by atoms with Gasteiger partial charge in [-0.1, -0.05) is 60.7 Å². The first kappa shape index (κ1) is 22.4. The minimum Gasteiger partial charge on any atom is -0.294 e. The van der Waals surface area contributed by atoms with Crippen molar-refractivity contribution in [3.63, 3.8) is 0 Å². The Morgan fingerprint density at radius 2 is 1.34 bits per heavy atom. The topological polar surface area (TPSA) is 58.9 Å². The summed E-state index contributed by atoms with van der Waals surface area (Å²) in [5.41, 5.74) is 3.23. The van der Waals surface area contributed by atoms with Gasteiger partial charge in [-0.3, -0.25) is 19.6 Å². The smallest absolute Gasteiger partial charge is 0.180 e. The molecule has 0 N–H and O–H groups in total. The van der Waals surface area contributed by atoms with E-state index in [1.54, 1.807) is 6.92 Å². The summed E-state index contributed by atoms with van der Waals surface area (Å²) in [6, 6.07) is 19.1. The minimum atomic E-state index is 0.0829. The van der Waals surface area contributed by atoms with E-state index in [1.165, 1.54) is 0 Å². The van der Waals surface area contributed by atoms with E-state index < -0.39 is 0 Å². The van der Waals surface area contributed by atoms with Gasteiger partial charge in [-0.25, -0.2) is 0 Å². The second-order valence-corrected chi connectivity index (χ2v) is 7.20. The van der Waals surface area contributed by atoms with E-state index in [9.17, 15) is 9.59 Å². The number of aliphatic imine (C=N–C) groups is 2. The van der Waals surface area contributed by atoms with Crippen LogP contribution >= 0.6 is 0 Å². The molecule has 0 unspecified atom stereocenters. The van der Waals surface area contributed by atoms with Crippen molar-refractivity contribution in [1.29, 1.82) is 0 Å². The number of hydrogen-bond acceptors (Lipinski definition) is 4. The average Bonchev–Trinajstić information content (AvgIpc) is 2.74. The van der Waals surface area contributed by atoms with Crippen molar-refractivity contribution < 1.29 is 9.59 Å². The fourth-order valence-corrected chi connectivity index (χ4v) is 2.93. The predicted molar refractivity (Wildman–Crippen MR) is 120 cm³/mol. The summed E-state index contributed by atoms with van der Waals surface area (Å²) < 4.78 is 0. The van der Waals surface area contributed by atoms with Crippen LogP contribution in [0, 0.1) is 0 Å². The Hall–Kier alpha value is -2.88.